The maximum Gasteiger partial charge on any atom is 0.222 e. The van der Waals surface area contributed by atoms with Crippen molar-refractivity contribution in [3.63, 3.8) is 0 Å². The van der Waals surface area contributed by atoms with E-state index in [4.69, 9.17) is 0 Å². The fourth-order valence-corrected chi connectivity index (χ4v) is 5.40. The molecule has 0 N–H and O–H groups in total. The Bertz CT molecular complexity index is 1280. The maximum atomic E-state index is 13.3. The maximum absolute atomic E-state index is 13.3. The molecule has 2 atom stereocenters. The summed E-state index contributed by atoms with van der Waals surface area (Å²) in [6.07, 6.45) is 2.33. The van der Waals surface area contributed by atoms with Crippen LogP contribution in [0.3, 0.4) is 0 Å². The van der Waals surface area contributed by atoms with Crippen molar-refractivity contribution in [1.29, 1.82) is 0 Å². The minimum atomic E-state index is 0.0636. The molecule has 1 heterocycles. The molecule has 0 saturated carbocycles. The zero-order chi connectivity index (χ0) is 25.6. The molecule has 188 valence electrons. The summed E-state index contributed by atoms with van der Waals surface area (Å²) in [5.41, 5.74) is 7.78. The van der Waals surface area contributed by atoms with Crippen LogP contribution in [-0.4, -0.2) is 28.8 Å². The first-order valence-electron chi connectivity index (χ1n) is 13.3. The summed E-state index contributed by atoms with van der Waals surface area (Å²) in [6, 6.07) is 38.8. The van der Waals surface area contributed by atoms with Gasteiger partial charge in [0.15, 0.2) is 0 Å². The highest BCUT2D eigenvalue weighted by Gasteiger charge is 2.27. The third-order valence-corrected chi connectivity index (χ3v) is 7.86. The van der Waals surface area contributed by atoms with E-state index in [9.17, 15) is 4.79 Å². The Hall–Kier alpha value is -3.69. The summed E-state index contributed by atoms with van der Waals surface area (Å²) in [6.45, 7) is 4.01. The minimum absolute atomic E-state index is 0.0636. The molecule has 0 radical (unpaired) electrons. The van der Waals surface area contributed by atoms with Gasteiger partial charge in [-0.25, -0.2) is 0 Å². The first kappa shape index (κ1) is 25.0. The molecular weight excluding hydrogens is 452 g/mol. The van der Waals surface area contributed by atoms with Crippen molar-refractivity contribution in [3.05, 3.63) is 131 Å². The first-order valence-corrected chi connectivity index (χ1v) is 13.3. The van der Waals surface area contributed by atoms with Gasteiger partial charge in [-0.15, -0.1) is 0 Å². The lowest BCUT2D eigenvalue weighted by atomic mass is 9.97. The quantitative estimate of drug-likeness (QED) is 0.247. The number of amides is 1. The molecule has 0 aliphatic carbocycles. The topological polar surface area (TPSA) is 23.6 Å². The van der Waals surface area contributed by atoms with Gasteiger partial charge in [-0.2, -0.15) is 0 Å². The molecule has 0 fully saturated rings. The van der Waals surface area contributed by atoms with E-state index in [1.165, 1.54) is 33.4 Å². The summed E-state index contributed by atoms with van der Waals surface area (Å²) in [5, 5.41) is 0. The molecule has 0 saturated heterocycles. The van der Waals surface area contributed by atoms with Crippen LogP contribution in [0.2, 0.25) is 0 Å². The van der Waals surface area contributed by atoms with Gasteiger partial charge in [0.25, 0.3) is 0 Å². The lowest BCUT2D eigenvalue weighted by molar-refractivity contribution is -0.132. The van der Waals surface area contributed by atoms with Crippen molar-refractivity contribution in [2.24, 2.45) is 0 Å². The highest BCUT2D eigenvalue weighted by atomic mass is 16.2. The van der Waals surface area contributed by atoms with Crippen LogP contribution in [0.5, 0.6) is 0 Å². The van der Waals surface area contributed by atoms with Crippen LogP contribution in [0.1, 0.15) is 48.1 Å². The van der Waals surface area contributed by atoms with E-state index in [0.717, 1.165) is 25.9 Å². The van der Waals surface area contributed by atoms with Crippen LogP contribution in [-0.2, 0) is 24.3 Å². The normalized spacial score (nSPS) is 14.6. The van der Waals surface area contributed by atoms with Gasteiger partial charge in [-0.3, -0.25) is 9.69 Å². The predicted molar refractivity (Wildman–Crippen MR) is 152 cm³/mol. The number of nitrogens with zero attached hydrogens (tertiary/aromatic N) is 2. The summed E-state index contributed by atoms with van der Waals surface area (Å²) in [5.74, 6) is 0.206. The summed E-state index contributed by atoms with van der Waals surface area (Å²) in [7, 11) is 1.93. The molecule has 3 nitrogen and oxygen atoms in total. The van der Waals surface area contributed by atoms with Crippen LogP contribution in [0, 0.1) is 0 Å². The van der Waals surface area contributed by atoms with Crippen LogP contribution in [0.15, 0.2) is 109 Å². The van der Waals surface area contributed by atoms with Gasteiger partial charge in [-0.1, -0.05) is 109 Å². The van der Waals surface area contributed by atoms with Gasteiger partial charge in [0.2, 0.25) is 5.91 Å². The Labute approximate surface area is 221 Å². The molecule has 4 aromatic rings. The van der Waals surface area contributed by atoms with Crippen molar-refractivity contribution in [2.45, 2.75) is 51.4 Å². The van der Waals surface area contributed by atoms with E-state index >= 15 is 0 Å². The number of carbonyl (C=O) groups is 1. The van der Waals surface area contributed by atoms with E-state index in [2.05, 4.69) is 103 Å². The molecule has 0 spiro atoms. The second-order valence-corrected chi connectivity index (χ2v) is 10.2. The zero-order valence-electron chi connectivity index (χ0n) is 21.9. The largest absolute Gasteiger partial charge is 0.339 e. The highest BCUT2D eigenvalue weighted by molar-refractivity contribution is 5.76. The molecule has 0 aromatic heterocycles. The Balaban J connectivity index is 1.28. The number of hydrogen-bond donors (Lipinski definition) is 0. The zero-order valence-corrected chi connectivity index (χ0v) is 21.9. The van der Waals surface area contributed by atoms with Gasteiger partial charge in [0, 0.05) is 32.6 Å². The third-order valence-electron chi connectivity index (χ3n) is 7.86. The SMILES string of the molecule is CC(c1ccccc1)N(C)C(=O)CC[C@@H](Cc1ccc(-c2ccccc2)cc1)N1Cc2ccccc2C1. The van der Waals surface area contributed by atoms with Crippen molar-refractivity contribution in [1.82, 2.24) is 9.80 Å². The molecule has 0 bridgehead atoms. The van der Waals surface area contributed by atoms with E-state index in [1.807, 2.05) is 30.1 Å². The number of benzene rings is 4. The first-order chi connectivity index (χ1) is 18.1. The molecule has 5 rings (SSSR count). The summed E-state index contributed by atoms with van der Waals surface area (Å²) < 4.78 is 0. The van der Waals surface area contributed by atoms with Crippen LogP contribution in [0.25, 0.3) is 11.1 Å². The van der Waals surface area contributed by atoms with Crippen LogP contribution >= 0.6 is 0 Å². The van der Waals surface area contributed by atoms with Crippen molar-refractivity contribution in [3.8, 4) is 11.1 Å². The van der Waals surface area contributed by atoms with Crippen molar-refractivity contribution >= 4 is 5.91 Å². The van der Waals surface area contributed by atoms with Crippen LogP contribution in [0.4, 0.5) is 0 Å². The second-order valence-electron chi connectivity index (χ2n) is 10.2. The molecule has 1 amide bonds. The predicted octanol–water partition coefficient (Wildman–Crippen LogP) is 7.28. The molecule has 37 heavy (non-hydrogen) atoms. The third kappa shape index (κ3) is 6.00. The Morgan fingerprint density at radius 2 is 1.30 bits per heavy atom. The van der Waals surface area contributed by atoms with Gasteiger partial charge in [0.1, 0.15) is 0 Å². The van der Waals surface area contributed by atoms with Gasteiger partial charge in [0.05, 0.1) is 6.04 Å². The average Bonchev–Trinajstić information content (AvgIpc) is 3.40. The monoisotopic (exact) mass is 488 g/mol. The Morgan fingerprint density at radius 3 is 1.92 bits per heavy atom. The fraction of sp³-hybridized carbons (Fsp3) is 0.265. The smallest absolute Gasteiger partial charge is 0.222 e. The number of hydrogen-bond acceptors (Lipinski definition) is 2. The van der Waals surface area contributed by atoms with E-state index in [-0.39, 0.29) is 11.9 Å². The molecule has 3 heteroatoms. The molecule has 4 aromatic carbocycles. The van der Waals surface area contributed by atoms with Crippen LogP contribution < -0.4 is 0 Å². The Kier molecular flexibility index (Phi) is 7.82. The second kappa shape index (κ2) is 11.6. The lowest BCUT2D eigenvalue weighted by Gasteiger charge is -2.30. The number of rotatable bonds is 9. The number of carbonyl (C=O) groups excluding carboxylic acids is 1. The number of fused-ring (bicyclic) bond motifs is 1. The van der Waals surface area contributed by atoms with E-state index < -0.39 is 0 Å². The van der Waals surface area contributed by atoms with E-state index in [1.54, 1.807) is 0 Å². The van der Waals surface area contributed by atoms with E-state index in [0.29, 0.717) is 12.5 Å². The van der Waals surface area contributed by atoms with Gasteiger partial charge in [-0.05, 0) is 53.1 Å². The average molecular weight is 489 g/mol. The van der Waals surface area contributed by atoms with Gasteiger partial charge >= 0.3 is 0 Å². The Morgan fingerprint density at radius 1 is 0.757 bits per heavy atom. The summed E-state index contributed by atoms with van der Waals surface area (Å²) >= 11 is 0. The molecule has 1 aliphatic heterocycles. The fourth-order valence-electron chi connectivity index (χ4n) is 5.40. The lowest BCUT2D eigenvalue weighted by Crippen LogP contribution is -2.35. The standard InChI is InChI=1S/C34H36N2O/c1-26(28-11-5-3-6-12-28)35(2)34(37)22-21-33(36-24-31-15-9-10-16-32(31)25-36)23-27-17-19-30(20-18-27)29-13-7-4-8-14-29/h3-20,26,33H,21-25H2,1-2H3/t26?,33-/m0/s1. The molecular formula is C34H36N2O. The summed E-state index contributed by atoms with van der Waals surface area (Å²) in [4.78, 5) is 17.7. The van der Waals surface area contributed by atoms with Gasteiger partial charge < -0.3 is 4.90 Å². The molecule has 1 unspecified atom stereocenters. The van der Waals surface area contributed by atoms with Crippen molar-refractivity contribution < 1.29 is 4.79 Å². The molecule has 1 aliphatic rings. The highest BCUT2D eigenvalue weighted by Crippen LogP contribution is 2.29. The minimum Gasteiger partial charge on any atom is -0.339 e. The van der Waals surface area contributed by atoms with Crippen molar-refractivity contribution in [2.75, 3.05) is 7.05 Å².